The van der Waals surface area contributed by atoms with Crippen molar-refractivity contribution in [2.75, 3.05) is 0 Å². The molecule has 0 fully saturated rings. The summed E-state index contributed by atoms with van der Waals surface area (Å²) in [4.78, 5) is 19.8. The van der Waals surface area contributed by atoms with E-state index in [1.807, 2.05) is 75.4 Å². The topological polar surface area (TPSA) is 119 Å². The third kappa shape index (κ3) is 9.84. The molecular formula is C27H31O8P. The zero-order valence-electron chi connectivity index (χ0n) is 20.5. The highest BCUT2D eigenvalue weighted by molar-refractivity contribution is 7.49. The fraction of sp³-hybridized carbons (Fsp3) is 0.259. The Morgan fingerprint density at radius 3 is 1.14 bits per heavy atom. The second-order valence-corrected chi connectivity index (χ2v) is 9.45. The van der Waals surface area contributed by atoms with E-state index in [0.29, 0.717) is 30.1 Å². The van der Waals surface area contributed by atoms with Gasteiger partial charge in [-0.15, -0.1) is 0 Å². The summed E-state index contributed by atoms with van der Waals surface area (Å²) in [6.07, 6.45) is 1.02. The number of para-hydroxylation sites is 3. The third-order valence-electron chi connectivity index (χ3n) is 4.94. The van der Waals surface area contributed by atoms with E-state index in [1.54, 1.807) is 18.2 Å². The third-order valence-corrected chi connectivity index (χ3v) is 6.20. The molecule has 0 aliphatic carbocycles. The van der Waals surface area contributed by atoms with Crippen molar-refractivity contribution < 1.29 is 37.9 Å². The van der Waals surface area contributed by atoms with Gasteiger partial charge < -0.3 is 23.8 Å². The lowest BCUT2D eigenvalue weighted by Gasteiger charge is -2.21. The summed E-state index contributed by atoms with van der Waals surface area (Å²) in [5.41, 5.74) is 2.53. The first-order valence-electron chi connectivity index (χ1n) is 11.4. The number of aliphatic carboxylic acids is 2. The Kier molecular flexibility index (Phi) is 11.0. The number of hydrogen-bond acceptors (Lipinski definition) is 6. The van der Waals surface area contributed by atoms with Gasteiger partial charge in [0, 0.05) is 12.8 Å². The number of rotatable bonds is 11. The molecule has 0 radical (unpaired) electrons. The molecule has 36 heavy (non-hydrogen) atoms. The maximum atomic E-state index is 13.5. The summed E-state index contributed by atoms with van der Waals surface area (Å²) in [5.74, 6) is -0.371. The Bertz CT molecular complexity index is 1070. The van der Waals surface area contributed by atoms with Crippen molar-refractivity contribution in [2.45, 2.75) is 46.5 Å². The molecule has 0 unspecified atom stereocenters. The maximum absolute atomic E-state index is 13.5. The van der Waals surface area contributed by atoms with Crippen LogP contribution in [0.4, 0.5) is 0 Å². The number of hydrogen-bond donors (Lipinski definition) is 2. The lowest BCUT2D eigenvalue weighted by atomic mass is 10.2. The summed E-state index contributed by atoms with van der Waals surface area (Å²) >= 11 is 0. The highest BCUT2D eigenvalue weighted by Gasteiger charge is 2.34. The molecule has 0 saturated heterocycles. The highest BCUT2D eigenvalue weighted by atomic mass is 31.2. The molecule has 0 bridgehead atoms. The van der Waals surface area contributed by atoms with E-state index in [-0.39, 0.29) is 12.8 Å². The summed E-state index contributed by atoms with van der Waals surface area (Å²) in [5, 5.41) is 16.3. The minimum atomic E-state index is -3.97. The smallest absolute Gasteiger partial charge is 0.481 e. The molecule has 0 aliphatic rings. The predicted molar refractivity (Wildman–Crippen MR) is 137 cm³/mol. The second-order valence-electron chi connectivity index (χ2n) is 8.01. The normalized spacial score (nSPS) is 10.5. The largest absolute Gasteiger partial charge is 0.647 e. The van der Waals surface area contributed by atoms with E-state index in [4.69, 9.17) is 23.8 Å². The molecule has 0 aromatic heterocycles. The van der Waals surface area contributed by atoms with Crippen molar-refractivity contribution in [3.8, 4) is 17.2 Å². The monoisotopic (exact) mass is 514 g/mol. The average Bonchev–Trinajstić information content (AvgIpc) is 2.82. The zero-order valence-corrected chi connectivity index (χ0v) is 21.4. The summed E-state index contributed by atoms with van der Waals surface area (Å²) < 4.78 is 30.8. The van der Waals surface area contributed by atoms with Gasteiger partial charge in [-0.05, 0) is 68.5 Å². The van der Waals surface area contributed by atoms with Crippen molar-refractivity contribution in [3.63, 3.8) is 0 Å². The zero-order chi connectivity index (χ0) is 26.6. The molecule has 0 saturated carbocycles. The van der Waals surface area contributed by atoms with Gasteiger partial charge in [-0.1, -0.05) is 54.6 Å². The van der Waals surface area contributed by atoms with Crippen molar-refractivity contribution in [3.05, 3.63) is 89.5 Å². The fourth-order valence-electron chi connectivity index (χ4n) is 2.95. The van der Waals surface area contributed by atoms with Crippen LogP contribution >= 0.6 is 7.82 Å². The minimum absolute atomic E-state index is 0.0628. The Morgan fingerprint density at radius 2 is 0.889 bits per heavy atom. The van der Waals surface area contributed by atoms with Crippen LogP contribution in [-0.4, -0.2) is 22.2 Å². The first-order valence-corrected chi connectivity index (χ1v) is 12.8. The van der Waals surface area contributed by atoms with E-state index in [1.165, 1.54) is 0 Å². The Labute approximate surface area is 211 Å². The van der Waals surface area contributed by atoms with Crippen LogP contribution in [0.15, 0.2) is 72.8 Å². The van der Waals surface area contributed by atoms with E-state index < -0.39 is 19.8 Å². The molecule has 0 amide bonds. The van der Waals surface area contributed by atoms with Crippen LogP contribution in [0.5, 0.6) is 17.2 Å². The first kappa shape index (κ1) is 28.5. The predicted octanol–water partition coefficient (Wildman–Crippen LogP) is 6.97. The maximum Gasteiger partial charge on any atom is 0.647 e. The molecule has 0 aliphatic heterocycles. The van der Waals surface area contributed by atoms with E-state index in [9.17, 15) is 14.2 Å². The van der Waals surface area contributed by atoms with Crippen molar-refractivity contribution in [1.82, 2.24) is 0 Å². The highest BCUT2D eigenvalue weighted by Crippen LogP contribution is 2.51. The number of carbonyl (C=O) groups is 2. The summed E-state index contributed by atoms with van der Waals surface area (Å²) in [6.45, 7) is 5.63. The number of phosphoric ester groups is 1. The lowest BCUT2D eigenvalue weighted by molar-refractivity contribution is -0.139. The molecule has 3 rings (SSSR count). The van der Waals surface area contributed by atoms with Gasteiger partial charge in [-0.25, -0.2) is 0 Å². The molecule has 2 N–H and O–H groups in total. The Hall–Kier alpha value is -3.77. The van der Waals surface area contributed by atoms with Gasteiger partial charge >= 0.3 is 19.8 Å². The molecule has 9 heteroatoms. The standard InChI is InChI=1S/C21H21O4P.C6H10O4/c1-16-10-4-7-13-19(16)23-26(22,24-20-14-8-5-11-17(20)2)25-21-15-9-6-12-18(21)3;7-5(8)3-1-2-4-6(9)10/h4-15H,1-3H3;1-4H2,(H,7,8)(H,9,10). The van der Waals surface area contributed by atoms with Gasteiger partial charge in [0.05, 0.1) is 0 Å². The summed E-state index contributed by atoms with van der Waals surface area (Å²) in [6, 6.07) is 22.0. The van der Waals surface area contributed by atoms with Gasteiger partial charge in [-0.2, -0.15) is 4.57 Å². The summed E-state index contributed by atoms with van der Waals surface area (Å²) in [7, 11) is -3.97. The number of unbranched alkanes of at least 4 members (excludes halogenated alkanes) is 1. The van der Waals surface area contributed by atoms with E-state index in [0.717, 1.165) is 16.7 Å². The van der Waals surface area contributed by atoms with Crippen molar-refractivity contribution >= 4 is 19.8 Å². The van der Waals surface area contributed by atoms with E-state index >= 15 is 0 Å². The van der Waals surface area contributed by atoms with Crippen LogP contribution in [0.2, 0.25) is 0 Å². The molecular weight excluding hydrogens is 483 g/mol. The van der Waals surface area contributed by atoms with Gasteiger partial charge in [0.2, 0.25) is 0 Å². The van der Waals surface area contributed by atoms with Gasteiger partial charge in [0.15, 0.2) is 0 Å². The van der Waals surface area contributed by atoms with Gasteiger partial charge in [-0.3, -0.25) is 9.59 Å². The second kappa shape index (κ2) is 14.0. The van der Waals surface area contributed by atoms with Crippen LogP contribution in [0.25, 0.3) is 0 Å². The van der Waals surface area contributed by atoms with Crippen LogP contribution in [0.1, 0.15) is 42.4 Å². The molecule has 8 nitrogen and oxygen atoms in total. The molecule has 3 aromatic rings. The molecule has 192 valence electrons. The lowest BCUT2D eigenvalue weighted by Crippen LogP contribution is -2.09. The number of carboxylic acid groups (broad SMARTS) is 2. The number of phosphoric acid groups is 1. The first-order chi connectivity index (χ1) is 17.1. The number of carboxylic acids is 2. The fourth-order valence-corrected chi connectivity index (χ4v) is 4.40. The Balaban J connectivity index is 0.000000388. The van der Waals surface area contributed by atoms with Crippen molar-refractivity contribution in [2.24, 2.45) is 0 Å². The van der Waals surface area contributed by atoms with Crippen LogP contribution in [0.3, 0.4) is 0 Å². The molecule has 0 spiro atoms. The molecule has 0 heterocycles. The molecule has 0 atom stereocenters. The SMILES string of the molecule is Cc1ccccc1OP(=O)(Oc1ccccc1C)Oc1ccccc1C.O=C(O)CCCCC(=O)O. The Morgan fingerprint density at radius 1 is 0.611 bits per heavy atom. The number of aryl methyl sites for hydroxylation is 3. The average molecular weight is 515 g/mol. The minimum Gasteiger partial charge on any atom is -0.481 e. The van der Waals surface area contributed by atoms with E-state index in [2.05, 4.69) is 0 Å². The van der Waals surface area contributed by atoms with Gasteiger partial charge in [0.25, 0.3) is 0 Å². The van der Waals surface area contributed by atoms with Crippen LogP contribution in [0, 0.1) is 20.8 Å². The quantitative estimate of drug-likeness (QED) is 0.208. The molecule has 3 aromatic carbocycles. The van der Waals surface area contributed by atoms with Crippen LogP contribution < -0.4 is 13.6 Å². The van der Waals surface area contributed by atoms with Crippen LogP contribution in [-0.2, 0) is 14.2 Å². The number of benzene rings is 3. The van der Waals surface area contributed by atoms with Gasteiger partial charge in [0.1, 0.15) is 17.2 Å². The van der Waals surface area contributed by atoms with Crippen molar-refractivity contribution in [1.29, 1.82) is 0 Å².